The van der Waals surface area contributed by atoms with Gasteiger partial charge in [-0.15, -0.1) is 10.2 Å². The van der Waals surface area contributed by atoms with Gasteiger partial charge < -0.3 is 9.47 Å². The molecule has 1 heterocycles. The fourth-order valence-corrected chi connectivity index (χ4v) is 2.29. The minimum Gasteiger partial charge on any atom is -0.493 e. The number of nitrogens with zero attached hydrogens (tertiary/aromatic N) is 4. The lowest BCUT2D eigenvalue weighted by atomic mass is 10.2. The molecule has 0 amide bonds. The second kappa shape index (κ2) is 7.61. The van der Waals surface area contributed by atoms with Crippen LogP contribution in [0.15, 0.2) is 60.2 Å². The molecule has 0 spiro atoms. The summed E-state index contributed by atoms with van der Waals surface area (Å²) >= 11 is 6.18. The Bertz CT molecular complexity index is 834. The predicted molar refractivity (Wildman–Crippen MR) is 91.8 cm³/mol. The molecule has 24 heavy (non-hydrogen) atoms. The highest BCUT2D eigenvalue weighted by molar-refractivity contribution is 6.31. The maximum atomic E-state index is 6.18. The molecule has 0 aliphatic rings. The molecule has 2 aromatic carbocycles. The van der Waals surface area contributed by atoms with Crippen LogP contribution in [0.2, 0.25) is 5.02 Å². The first-order valence-corrected chi connectivity index (χ1v) is 7.58. The molecule has 0 unspecified atom stereocenters. The predicted octanol–water partition coefficient (Wildman–Crippen LogP) is 3.40. The van der Waals surface area contributed by atoms with Gasteiger partial charge in [-0.3, -0.25) is 0 Å². The van der Waals surface area contributed by atoms with Crippen molar-refractivity contribution in [2.45, 2.75) is 6.61 Å². The molecule has 0 atom stereocenters. The van der Waals surface area contributed by atoms with Crippen molar-refractivity contribution in [3.05, 3.63) is 71.3 Å². The molecule has 6 nitrogen and oxygen atoms in total. The third-order valence-corrected chi connectivity index (χ3v) is 3.66. The SMILES string of the molecule is COc1cccc(/C=N/n2cnnc2)c1OCc1ccccc1Cl. The molecular weight excluding hydrogens is 328 g/mol. The molecule has 0 bridgehead atoms. The van der Waals surface area contributed by atoms with E-state index >= 15 is 0 Å². The van der Waals surface area contributed by atoms with Gasteiger partial charge in [0.15, 0.2) is 11.5 Å². The third-order valence-electron chi connectivity index (χ3n) is 3.30. The van der Waals surface area contributed by atoms with Crippen LogP contribution in [-0.2, 0) is 6.61 Å². The van der Waals surface area contributed by atoms with Crippen LogP contribution in [-0.4, -0.2) is 28.2 Å². The molecule has 3 aromatic rings. The summed E-state index contributed by atoms with van der Waals surface area (Å²) in [6, 6.07) is 13.1. The number of benzene rings is 2. The Hall–Kier alpha value is -2.86. The Balaban J connectivity index is 1.86. The lowest BCUT2D eigenvalue weighted by Crippen LogP contribution is -2.01. The molecule has 0 radical (unpaired) electrons. The zero-order valence-corrected chi connectivity index (χ0v) is 13.7. The monoisotopic (exact) mass is 342 g/mol. The Morgan fingerprint density at radius 2 is 1.92 bits per heavy atom. The minimum absolute atomic E-state index is 0.327. The van der Waals surface area contributed by atoms with E-state index in [-0.39, 0.29) is 0 Å². The van der Waals surface area contributed by atoms with Gasteiger partial charge in [-0.05, 0) is 18.2 Å². The lowest BCUT2D eigenvalue weighted by molar-refractivity contribution is 0.284. The van der Waals surface area contributed by atoms with E-state index in [1.165, 1.54) is 17.3 Å². The van der Waals surface area contributed by atoms with E-state index in [1.807, 2.05) is 42.5 Å². The number of para-hydroxylation sites is 1. The van der Waals surface area contributed by atoms with Gasteiger partial charge in [0.05, 0.1) is 13.3 Å². The van der Waals surface area contributed by atoms with Gasteiger partial charge in [-0.2, -0.15) is 5.10 Å². The van der Waals surface area contributed by atoms with Crippen molar-refractivity contribution < 1.29 is 9.47 Å². The van der Waals surface area contributed by atoms with Crippen LogP contribution in [0.25, 0.3) is 0 Å². The van der Waals surface area contributed by atoms with Gasteiger partial charge in [-0.25, -0.2) is 4.68 Å². The smallest absolute Gasteiger partial charge is 0.170 e. The maximum Gasteiger partial charge on any atom is 0.170 e. The molecule has 122 valence electrons. The van der Waals surface area contributed by atoms with Gasteiger partial charge in [0, 0.05) is 16.1 Å². The first-order valence-electron chi connectivity index (χ1n) is 7.20. The summed E-state index contributed by atoms with van der Waals surface area (Å²) in [4.78, 5) is 0. The van der Waals surface area contributed by atoms with Crippen molar-refractivity contribution in [1.82, 2.24) is 14.9 Å². The average molecular weight is 343 g/mol. The molecule has 0 saturated carbocycles. The normalized spacial score (nSPS) is 10.9. The highest BCUT2D eigenvalue weighted by Crippen LogP contribution is 2.31. The van der Waals surface area contributed by atoms with E-state index in [1.54, 1.807) is 13.3 Å². The van der Waals surface area contributed by atoms with Crippen molar-refractivity contribution in [3.63, 3.8) is 0 Å². The van der Waals surface area contributed by atoms with E-state index < -0.39 is 0 Å². The van der Waals surface area contributed by atoms with Crippen LogP contribution in [0.3, 0.4) is 0 Å². The van der Waals surface area contributed by atoms with Crippen molar-refractivity contribution in [3.8, 4) is 11.5 Å². The largest absolute Gasteiger partial charge is 0.493 e. The van der Waals surface area contributed by atoms with Gasteiger partial charge in [-0.1, -0.05) is 35.9 Å². The summed E-state index contributed by atoms with van der Waals surface area (Å²) in [6.45, 7) is 0.327. The second-order valence-electron chi connectivity index (χ2n) is 4.85. The van der Waals surface area contributed by atoms with Crippen molar-refractivity contribution in [2.75, 3.05) is 7.11 Å². The van der Waals surface area contributed by atoms with Crippen molar-refractivity contribution in [2.24, 2.45) is 5.10 Å². The van der Waals surface area contributed by atoms with Gasteiger partial charge in [0.2, 0.25) is 0 Å². The first kappa shape index (κ1) is 16.0. The summed E-state index contributed by atoms with van der Waals surface area (Å²) in [6.07, 6.45) is 4.66. The van der Waals surface area contributed by atoms with Gasteiger partial charge in [0.25, 0.3) is 0 Å². The summed E-state index contributed by atoms with van der Waals surface area (Å²) in [5.74, 6) is 1.21. The van der Waals surface area contributed by atoms with Crippen LogP contribution in [0.5, 0.6) is 11.5 Å². The molecule has 7 heteroatoms. The molecule has 0 fully saturated rings. The lowest BCUT2D eigenvalue weighted by Gasteiger charge is -2.13. The standard InChI is InChI=1S/C17H15ClN4O2/c1-23-16-8-4-6-13(9-21-22-11-19-20-12-22)17(16)24-10-14-5-2-3-7-15(14)18/h2-9,11-12H,10H2,1H3/b21-9+. The van der Waals surface area contributed by atoms with Crippen LogP contribution in [0.1, 0.15) is 11.1 Å². The van der Waals surface area contributed by atoms with E-state index in [0.29, 0.717) is 23.1 Å². The van der Waals surface area contributed by atoms with Crippen molar-refractivity contribution >= 4 is 17.8 Å². The molecule has 0 aliphatic carbocycles. The van der Waals surface area contributed by atoms with Crippen LogP contribution < -0.4 is 9.47 Å². The fourth-order valence-electron chi connectivity index (χ4n) is 2.10. The highest BCUT2D eigenvalue weighted by Gasteiger charge is 2.10. The summed E-state index contributed by atoms with van der Waals surface area (Å²) in [5.41, 5.74) is 1.67. The Morgan fingerprint density at radius 1 is 1.12 bits per heavy atom. The average Bonchev–Trinajstić information content (AvgIpc) is 3.13. The molecule has 3 rings (SSSR count). The van der Waals surface area contributed by atoms with Crippen LogP contribution in [0.4, 0.5) is 0 Å². The Labute approximate surface area is 144 Å². The number of ether oxygens (including phenoxy) is 2. The van der Waals surface area contributed by atoms with E-state index in [0.717, 1.165) is 11.1 Å². The summed E-state index contributed by atoms with van der Waals surface area (Å²) < 4.78 is 12.8. The van der Waals surface area contributed by atoms with E-state index in [4.69, 9.17) is 21.1 Å². The number of methoxy groups -OCH3 is 1. The summed E-state index contributed by atoms with van der Waals surface area (Å²) in [5, 5.41) is 12.3. The Morgan fingerprint density at radius 3 is 2.67 bits per heavy atom. The van der Waals surface area contributed by atoms with Crippen LogP contribution >= 0.6 is 11.6 Å². The number of aromatic nitrogens is 3. The molecule has 1 aromatic heterocycles. The zero-order chi connectivity index (χ0) is 16.8. The van der Waals surface area contributed by atoms with Crippen LogP contribution in [0, 0.1) is 0 Å². The van der Waals surface area contributed by atoms with E-state index in [2.05, 4.69) is 15.3 Å². The quantitative estimate of drug-likeness (QED) is 0.644. The molecule has 0 N–H and O–H groups in total. The third kappa shape index (κ3) is 3.72. The van der Waals surface area contributed by atoms with Gasteiger partial charge in [0.1, 0.15) is 19.3 Å². The Kier molecular flexibility index (Phi) is 5.08. The number of rotatable bonds is 6. The first-order chi connectivity index (χ1) is 11.8. The molecule has 0 aliphatic heterocycles. The topological polar surface area (TPSA) is 61.5 Å². The fraction of sp³-hybridized carbons (Fsp3) is 0.118. The summed E-state index contributed by atoms with van der Waals surface area (Å²) in [7, 11) is 1.60. The molecule has 0 saturated heterocycles. The van der Waals surface area contributed by atoms with Crippen molar-refractivity contribution in [1.29, 1.82) is 0 Å². The number of hydrogen-bond acceptors (Lipinski definition) is 5. The highest BCUT2D eigenvalue weighted by atomic mass is 35.5. The van der Waals surface area contributed by atoms with Gasteiger partial charge >= 0.3 is 0 Å². The second-order valence-corrected chi connectivity index (χ2v) is 5.25. The number of halogens is 1. The zero-order valence-electron chi connectivity index (χ0n) is 13.0. The molecular formula is C17H15ClN4O2. The maximum absolute atomic E-state index is 6.18. The van der Waals surface area contributed by atoms with E-state index in [9.17, 15) is 0 Å². The number of hydrogen-bond donors (Lipinski definition) is 0. The minimum atomic E-state index is 0.327.